The van der Waals surface area contributed by atoms with Gasteiger partial charge in [0.05, 0.1) is 0 Å². The molecule has 0 radical (unpaired) electrons. The van der Waals surface area contributed by atoms with E-state index in [4.69, 9.17) is 5.73 Å². The Morgan fingerprint density at radius 1 is 1.40 bits per heavy atom. The Hall–Kier alpha value is -0.720. The Morgan fingerprint density at radius 2 is 2.00 bits per heavy atom. The summed E-state index contributed by atoms with van der Waals surface area (Å²) in [5.41, 5.74) is 7.81. The van der Waals surface area contributed by atoms with Crippen molar-refractivity contribution in [2.75, 3.05) is 0 Å². The van der Waals surface area contributed by atoms with E-state index in [0.29, 0.717) is 0 Å². The van der Waals surface area contributed by atoms with E-state index in [1.54, 1.807) is 0 Å². The molecule has 0 fully saturated rings. The Balaban J connectivity index is 3.47. The van der Waals surface area contributed by atoms with Gasteiger partial charge in [0.1, 0.15) is 0 Å². The highest BCUT2D eigenvalue weighted by Crippen LogP contribution is 2.04. The van der Waals surface area contributed by atoms with Crippen LogP contribution in [0.5, 0.6) is 0 Å². The average molecular weight is 139 g/mol. The van der Waals surface area contributed by atoms with E-state index in [-0.39, 0.29) is 0 Å². The Morgan fingerprint density at radius 3 is 2.40 bits per heavy atom. The number of rotatable bonds is 3. The van der Waals surface area contributed by atoms with Crippen LogP contribution >= 0.6 is 0 Å². The molecule has 0 aliphatic carbocycles. The fraction of sp³-hybridized carbons (Fsp3) is 0.556. The molecule has 0 saturated carbocycles. The van der Waals surface area contributed by atoms with E-state index in [9.17, 15) is 0 Å². The molecular weight excluding hydrogens is 122 g/mol. The van der Waals surface area contributed by atoms with Crippen LogP contribution < -0.4 is 5.73 Å². The second-order valence-corrected chi connectivity index (χ2v) is 2.62. The minimum Gasteiger partial charge on any atom is -0.403 e. The molecule has 0 aromatic carbocycles. The van der Waals surface area contributed by atoms with Crippen LogP contribution in [0.4, 0.5) is 0 Å². The standard InChI is InChI=1S/C9H17N/c1-4-8(2)6-5-7-9(3)10/h4,7H,5-6,10H2,1-3H3/b8-4-,9-7+. The topological polar surface area (TPSA) is 26.0 Å². The summed E-state index contributed by atoms with van der Waals surface area (Å²) in [6.45, 7) is 6.12. The van der Waals surface area contributed by atoms with Crippen LogP contribution in [-0.4, -0.2) is 0 Å². The van der Waals surface area contributed by atoms with E-state index in [2.05, 4.69) is 26.0 Å². The molecule has 58 valence electrons. The molecule has 0 aliphatic heterocycles. The van der Waals surface area contributed by atoms with Gasteiger partial charge in [-0.2, -0.15) is 0 Å². The Bertz CT molecular complexity index is 139. The fourth-order valence-corrected chi connectivity index (χ4v) is 0.672. The van der Waals surface area contributed by atoms with Crippen molar-refractivity contribution in [2.45, 2.75) is 33.6 Å². The number of nitrogens with two attached hydrogens (primary N) is 1. The monoisotopic (exact) mass is 139 g/mol. The molecule has 0 heterocycles. The highest BCUT2D eigenvalue weighted by Gasteiger charge is 1.85. The van der Waals surface area contributed by atoms with Gasteiger partial charge in [-0.3, -0.25) is 0 Å². The maximum absolute atomic E-state index is 5.46. The van der Waals surface area contributed by atoms with Gasteiger partial charge in [0.25, 0.3) is 0 Å². The van der Waals surface area contributed by atoms with Crippen LogP contribution in [0.3, 0.4) is 0 Å². The number of hydrogen-bond acceptors (Lipinski definition) is 1. The SMILES string of the molecule is C/C=C(/C)CC/C=C(\C)N. The summed E-state index contributed by atoms with van der Waals surface area (Å²) in [5, 5.41) is 0. The van der Waals surface area contributed by atoms with Crippen LogP contribution in [0.2, 0.25) is 0 Å². The second-order valence-electron chi connectivity index (χ2n) is 2.62. The summed E-state index contributed by atoms with van der Waals surface area (Å²) >= 11 is 0. The summed E-state index contributed by atoms with van der Waals surface area (Å²) in [7, 11) is 0. The van der Waals surface area contributed by atoms with E-state index in [0.717, 1.165) is 18.5 Å². The van der Waals surface area contributed by atoms with Crippen LogP contribution in [0, 0.1) is 0 Å². The van der Waals surface area contributed by atoms with E-state index >= 15 is 0 Å². The van der Waals surface area contributed by atoms with Gasteiger partial charge in [-0.1, -0.05) is 17.7 Å². The summed E-state index contributed by atoms with van der Waals surface area (Å²) in [6.07, 6.45) is 6.40. The number of allylic oxidation sites excluding steroid dienone is 4. The van der Waals surface area contributed by atoms with Crippen molar-refractivity contribution in [3.05, 3.63) is 23.4 Å². The summed E-state index contributed by atoms with van der Waals surface area (Å²) in [6, 6.07) is 0. The van der Waals surface area contributed by atoms with Crippen molar-refractivity contribution in [3.8, 4) is 0 Å². The molecule has 0 unspecified atom stereocenters. The molecule has 0 saturated heterocycles. The third-order valence-electron chi connectivity index (χ3n) is 1.50. The number of hydrogen-bond donors (Lipinski definition) is 1. The fourth-order valence-electron chi connectivity index (χ4n) is 0.672. The molecule has 1 heteroatoms. The molecule has 0 atom stereocenters. The van der Waals surface area contributed by atoms with Crippen molar-refractivity contribution in [2.24, 2.45) is 5.73 Å². The molecule has 0 aromatic heterocycles. The molecule has 1 nitrogen and oxygen atoms in total. The maximum Gasteiger partial charge on any atom is 0.000844 e. The zero-order valence-corrected chi connectivity index (χ0v) is 7.15. The van der Waals surface area contributed by atoms with Gasteiger partial charge >= 0.3 is 0 Å². The Kier molecular flexibility index (Phi) is 4.73. The first-order valence-corrected chi connectivity index (χ1v) is 3.71. The lowest BCUT2D eigenvalue weighted by Crippen LogP contribution is -1.89. The van der Waals surface area contributed by atoms with Gasteiger partial charge in [0, 0.05) is 5.70 Å². The zero-order valence-electron chi connectivity index (χ0n) is 7.15. The van der Waals surface area contributed by atoms with Crippen LogP contribution in [0.25, 0.3) is 0 Å². The maximum atomic E-state index is 5.46. The second kappa shape index (κ2) is 5.10. The van der Waals surface area contributed by atoms with Gasteiger partial charge in [-0.25, -0.2) is 0 Å². The third-order valence-corrected chi connectivity index (χ3v) is 1.50. The molecule has 2 N–H and O–H groups in total. The highest BCUT2D eigenvalue weighted by molar-refractivity contribution is 4.99. The van der Waals surface area contributed by atoms with Crippen molar-refractivity contribution in [1.82, 2.24) is 0 Å². The largest absolute Gasteiger partial charge is 0.403 e. The molecule has 0 amide bonds. The molecule has 0 aromatic rings. The molecule has 0 rings (SSSR count). The first-order chi connectivity index (χ1) is 4.66. The molecular formula is C9H17N. The summed E-state index contributed by atoms with van der Waals surface area (Å²) in [4.78, 5) is 0. The third kappa shape index (κ3) is 5.42. The Labute approximate surface area is 63.6 Å². The molecule has 0 spiro atoms. The zero-order chi connectivity index (χ0) is 7.98. The molecule has 0 bridgehead atoms. The lowest BCUT2D eigenvalue weighted by atomic mass is 10.1. The molecule has 10 heavy (non-hydrogen) atoms. The first kappa shape index (κ1) is 9.28. The highest BCUT2D eigenvalue weighted by atomic mass is 14.5. The van der Waals surface area contributed by atoms with Crippen LogP contribution in [-0.2, 0) is 0 Å². The van der Waals surface area contributed by atoms with Crippen molar-refractivity contribution >= 4 is 0 Å². The van der Waals surface area contributed by atoms with Crippen LogP contribution in [0.15, 0.2) is 23.4 Å². The van der Waals surface area contributed by atoms with Crippen molar-refractivity contribution in [1.29, 1.82) is 0 Å². The van der Waals surface area contributed by atoms with Gasteiger partial charge in [-0.15, -0.1) is 0 Å². The normalized spacial score (nSPS) is 13.9. The average Bonchev–Trinajstić information content (AvgIpc) is 1.87. The summed E-state index contributed by atoms with van der Waals surface area (Å²) in [5.74, 6) is 0. The van der Waals surface area contributed by atoms with E-state index in [1.807, 2.05) is 6.92 Å². The minimum absolute atomic E-state index is 0.920. The van der Waals surface area contributed by atoms with Gasteiger partial charge in [0.15, 0.2) is 0 Å². The lowest BCUT2D eigenvalue weighted by Gasteiger charge is -1.95. The van der Waals surface area contributed by atoms with Gasteiger partial charge in [0.2, 0.25) is 0 Å². The van der Waals surface area contributed by atoms with Crippen LogP contribution in [0.1, 0.15) is 33.6 Å². The van der Waals surface area contributed by atoms with Gasteiger partial charge in [-0.05, 0) is 33.6 Å². The van der Waals surface area contributed by atoms with Gasteiger partial charge < -0.3 is 5.73 Å². The van der Waals surface area contributed by atoms with Crippen molar-refractivity contribution < 1.29 is 0 Å². The van der Waals surface area contributed by atoms with Crippen molar-refractivity contribution in [3.63, 3.8) is 0 Å². The van der Waals surface area contributed by atoms with E-state index in [1.165, 1.54) is 5.57 Å². The minimum atomic E-state index is 0.920. The smallest absolute Gasteiger partial charge is 0.000844 e. The molecule has 0 aliphatic rings. The first-order valence-electron chi connectivity index (χ1n) is 3.71. The predicted molar refractivity (Wildman–Crippen MR) is 46.6 cm³/mol. The lowest BCUT2D eigenvalue weighted by molar-refractivity contribution is 0.961. The quantitative estimate of drug-likeness (QED) is 0.597. The predicted octanol–water partition coefficient (Wildman–Crippen LogP) is 2.60. The van der Waals surface area contributed by atoms with E-state index < -0.39 is 0 Å². The summed E-state index contributed by atoms with van der Waals surface area (Å²) < 4.78 is 0.